The molecule has 0 aliphatic carbocycles. The summed E-state index contributed by atoms with van der Waals surface area (Å²) in [5, 5.41) is 8.83. The third-order valence-electron chi connectivity index (χ3n) is 3.00. The highest BCUT2D eigenvalue weighted by molar-refractivity contribution is 5.73. The van der Waals surface area contributed by atoms with Crippen molar-refractivity contribution in [1.29, 1.82) is 0 Å². The summed E-state index contributed by atoms with van der Waals surface area (Å²) < 4.78 is 0. The summed E-state index contributed by atoms with van der Waals surface area (Å²) in [7, 11) is 0. The minimum absolute atomic E-state index is 0.236. The molecule has 0 saturated carbocycles. The van der Waals surface area contributed by atoms with Crippen molar-refractivity contribution >= 4 is 5.97 Å². The van der Waals surface area contributed by atoms with Gasteiger partial charge in [0.05, 0.1) is 12.0 Å². The molecule has 0 amide bonds. The van der Waals surface area contributed by atoms with Gasteiger partial charge in [0.1, 0.15) is 6.04 Å². The maximum atomic E-state index is 10.8. The van der Waals surface area contributed by atoms with E-state index in [2.05, 4.69) is 16.0 Å². The molecular weight excluding hydrogens is 242 g/mol. The molecule has 1 aromatic carbocycles. The number of aliphatic carboxylic acids is 1. The number of carboxylic acids is 1. The molecule has 2 rings (SSSR count). The fourth-order valence-electron chi connectivity index (χ4n) is 2.00. The Bertz CT molecular complexity index is 578. The summed E-state index contributed by atoms with van der Waals surface area (Å²) in [4.78, 5) is 18.0. The maximum absolute atomic E-state index is 10.8. The summed E-state index contributed by atoms with van der Waals surface area (Å²) in [6, 6.07) is 7.26. The van der Waals surface area contributed by atoms with Crippen molar-refractivity contribution in [3.63, 3.8) is 0 Å². The first-order valence-electron chi connectivity index (χ1n) is 6.11. The molecular formula is C14H17N3O2. The summed E-state index contributed by atoms with van der Waals surface area (Å²) in [5.41, 5.74) is 9.54. The normalized spacial score (nSPS) is 12.3. The van der Waals surface area contributed by atoms with E-state index in [1.807, 2.05) is 25.1 Å². The number of hydrogen-bond donors (Lipinski definition) is 3. The van der Waals surface area contributed by atoms with Crippen LogP contribution in [-0.4, -0.2) is 27.1 Å². The fraction of sp³-hybridized carbons (Fsp3) is 0.286. The van der Waals surface area contributed by atoms with Crippen LogP contribution < -0.4 is 5.73 Å². The zero-order chi connectivity index (χ0) is 13.8. The van der Waals surface area contributed by atoms with E-state index in [4.69, 9.17) is 10.8 Å². The van der Waals surface area contributed by atoms with Gasteiger partial charge < -0.3 is 15.8 Å². The lowest BCUT2D eigenvalue weighted by atomic mass is 10.0. The van der Waals surface area contributed by atoms with Gasteiger partial charge in [-0.3, -0.25) is 4.79 Å². The summed E-state index contributed by atoms with van der Waals surface area (Å²) >= 11 is 0. The zero-order valence-electron chi connectivity index (χ0n) is 10.8. The van der Waals surface area contributed by atoms with Crippen LogP contribution in [-0.2, 0) is 17.6 Å². The van der Waals surface area contributed by atoms with Crippen molar-refractivity contribution in [3.8, 4) is 0 Å². The number of H-pyrrole nitrogens is 1. The van der Waals surface area contributed by atoms with Crippen LogP contribution in [0.15, 0.2) is 30.6 Å². The molecule has 2 aromatic rings. The van der Waals surface area contributed by atoms with Crippen LogP contribution in [0.4, 0.5) is 0 Å². The van der Waals surface area contributed by atoms with Crippen LogP contribution in [0.2, 0.25) is 0 Å². The quantitative estimate of drug-likeness (QED) is 0.753. The van der Waals surface area contributed by atoms with Gasteiger partial charge in [0, 0.05) is 18.5 Å². The number of aryl methyl sites for hydroxylation is 1. The highest BCUT2D eigenvalue weighted by Crippen LogP contribution is 2.13. The lowest BCUT2D eigenvalue weighted by Gasteiger charge is -2.07. The molecule has 0 fully saturated rings. The van der Waals surface area contributed by atoms with Crippen molar-refractivity contribution in [2.24, 2.45) is 5.73 Å². The lowest BCUT2D eigenvalue weighted by molar-refractivity contribution is -0.138. The largest absolute Gasteiger partial charge is 0.480 e. The molecule has 0 radical (unpaired) electrons. The molecule has 0 spiro atoms. The minimum atomic E-state index is -1.01. The molecule has 1 aromatic heterocycles. The Morgan fingerprint density at radius 1 is 1.53 bits per heavy atom. The topological polar surface area (TPSA) is 92.0 Å². The molecule has 1 heterocycles. The van der Waals surface area contributed by atoms with Crippen LogP contribution in [0, 0.1) is 6.92 Å². The van der Waals surface area contributed by atoms with Crippen molar-refractivity contribution in [3.05, 3.63) is 53.1 Å². The molecule has 0 bridgehead atoms. The summed E-state index contributed by atoms with van der Waals surface area (Å²) in [6.45, 7) is 2.04. The minimum Gasteiger partial charge on any atom is -0.480 e. The molecule has 0 aliphatic heterocycles. The van der Waals surface area contributed by atoms with Crippen LogP contribution in [0.1, 0.15) is 22.5 Å². The van der Waals surface area contributed by atoms with E-state index in [1.165, 1.54) is 5.56 Å². The van der Waals surface area contributed by atoms with E-state index in [1.54, 1.807) is 6.33 Å². The number of aromatic amines is 1. The number of rotatable bonds is 5. The Balaban J connectivity index is 2.13. The number of carbonyl (C=O) groups is 1. The number of aromatic nitrogens is 2. The average Bonchev–Trinajstić information content (AvgIpc) is 2.76. The second-order valence-corrected chi connectivity index (χ2v) is 4.64. The number of nitrogens with two attached hydrogens (primary N) is 1. The fourth-order valence-corrected chi connectivity index (χ4v) is 2.00. The molecule has 19 heavy (non-hydrogen) atoms. The molecule has 0 unspecified atom stereocenters. The van der Waals surface area contributed by atoms with Crippen LogP contribution in [0.25, 0.3) is 0 Å². The number of nitrogens with one attached hydrogen (secondary N) is 1. The Kier molecular flexibility index (Phi) is 3.97. The van der Waals surface area contributed by atoms with Gasteiger partial charge in [-0.1, -0.05) is 29.8 Å². The molecule has 5 heteroatoms. The van der Waals surface area contributed by atoms with E-state index in [0.29, 0.717) is 6.42 Å². The Labute approximate surface area is 111 Å². The second kappa shape index (κ2) is 5.67. The van der Waals surface area contributed by atoms with E-state index in [9.17, 15) is 4.79 Å². The molecule has 4 N–H and O–H groups in total. The molecule has 0 saturated heterocycles. The Hall–Kier alpha value is -2.14. The second-order valence-electron chi connectivity index (χ2n) is 4.64. The number of imidazole rings is 1. The van der Waals surface area contributed by atoms with Gasteiger partial charge in [-0.25, -0.2) is 4.98 Å². The monoisotopic (exact) mass is 259 g/mol. The Morgan fingerprint density at radius 2 is 2.32 bits per heavy atom. The van der Waals surface area contributed by atoms with Gasteiger partial charge in [0.15, 0.2) is 0 Å². The van der Waals surface area contributed by atoms with Gasteiger partial charge in [-0.2, -0.15) is 0 Å². The van der Waals surface area contributed by atoms with Crippen molar-refractivity contribution in [1.82, 2.24) is 9.97 Å². The molecule has 100 valence electrons. The predicted molar refractivity (Wildman–Crippen MR) is 71.9 cm³/mol. The number of benzene rings is 1. The highest BCUT2D eigenvalue weighted by Gasteiger charge is 2.16. The summed E-state index contributed by atoms with van der Waals surface area (Å²) in [5.74, 6) is -1.01. The first-order chi connectivity index (χ1) is 9.06. The number of hydrogen-bond acceptors (Lipinski definition) is 3. The predicted octanol–water partition coefficient (Wildman–Crippen LogP) is 1.26. The number of carboxylic acid groups (broad SMARTS) is 1. The van der Waals surface area contributed by atoms with E-state index >= 15 is 0 Å². The van der Waals surface area contributed by atoms with Crippen LogP contribution >= 0.6 is 0 Å². The molecule has 0 aliphatic rings. The zero-order valence-corrected chi connectivity index (χ0v) is 10.8. The third-order valence-corrected chi connectivity index (χ3v) is 3.00. The Morgan fingerprint density at radius 3 is 3.00 bits per heavy atom. The van der Waals surface area contributed by atoms with Gasteiger partial charge in [0.25, 0.3) is 0 Å². The first-order valence-corrected chi connectivity index (χ1v) is 6.11. The molecule has 5 nitrogen and oxygen atoms in total. The van der Waals surface area contributed by atoms with Crippen LogP contribution in [0.5, 0.6) is 0 Å². The van der Waals surface area contributed by atoms with E-state index in [0.717, 1.165) is 17.0 Å². The third kappa shape index (κ3) is 3.42. The maximum Gasteiger partial charge on any atom is 0.320 e. The standard InChI is InChI=1S/C14H17N3O2/c1-9-3-2-4-10(5-9)6-12-13(17-8-16-12)7-11(15)14(18)19/h2-5,8,11H,6-7,15H2,1H3,(H,16,17)(H,18,19)/t11-/m0/s1. The van der Waals surface area contributed by atoms with Crippen molar-refractivity contribution in [2.45, 2.75) is 25.8 Å². The van der Waals surface area contributed by atoms with E-state index in [-0.39, 0.29) is 6.42 Å². The SMILES string of the molecule is Cc1cccc(Cc2[nH]cnc2C[C@H](N)C(=O)O)c1. The lowest BCUT2D eigenvalue weighted by Crippen LogP contribution is -2.32. The van der Waals surface area contributed by atoms with Crippen molar-refractivity contribution < 1.29 is 9.90 Å². The van der Waals surface area contributed by atoms with Gasteiger partial charge in [-0.05, 0) is 12.5 Å². The smallest absolute Gasteiger partial charge is 0.320 e. The highest BCUT2D eigenvalue weighted by atomic mass is 16.4. The molecule has 1 atom stereocenters. The van der Waals surface area contributed by atoms with Gasteiger partial charge in [-0.15, -0.1) is 0 Å². The van der Waals surface area contributed by atoms with Gasteiger partial charge in [0.2, 0.25) is 0 Å². The van der Waals surface area contributed by atoms with E-state index < -0.39 is 12.0 Å². The average molecular weight is 259 g/mol. The first kappa shape index (κ1) is 13.3. The summed E-state index contributed by atoms with van der Waals surface area (Å²) in [6.07, 6.45) is 2.51. The van der Waals surface area contributed by atoms with Crippen molar-refractivity contribution in [2.75, 3.05) is 0 Å². The number of nitrogens with zero attached hydrogens (tertiary/aromatic N) is 1. The van der Waals surface area contributed by atoms with Gasteiger partial charge >= 0.3 is 5.97 Å². The van der Waals surface area contributed by atoms with Crippen LogP contribution in [0.3, 0.4) is 0 Å².